The van der Waals surface area contributed by atoms with Gasteiger partial charge in [0.2, 0.25) is 0 Å². The van der Waals surface area contributed by atoms with Gasteiger partial charge in [-0.3, -0.25) is 0 Å². The number of hydrogen-bond acceptors (Lipinski definition) is 4. The lowest BCUT2D eigenvalue weighted by molar-refractivity contribution is -0.150. The summed E-state index contributed by atoms with van der Waals surface area (Å²) in [4.78, 5) is 12.8. The average Bonchev–Trinajstić information content (AvgIpc) is 2.48. The first-order chi connectivity index (χ1) is 11.1. The lowest BCUT2D eigenvalue weighted by atomic mass is 9.87. The molecule has 0 spiro atoms. The van der Waals surface area contributed by atoms with Crippen molar-refractivity contribution in [2.24, 2.45) is 0 Å². The second-order valence-corrected chi connectivity index (χ2v) is 9.01. The highest BCUT2D eigenvalue weighted by molar-refractivity contribution is 7.90. The Labute approximate surface area is 156 Å². The SMILES string of the molecule is C=CC[C@@](N[S+]([O-])C(C)(C)C)(C(=O)OCC)c1ccc(Cl)c(Cl)c1. The van der Waals surface area contributed by atoms with Crippen molar-refractivity contribution in [3.05, 3.63) is 46.5 Å². The molecule has 1 unspecified atom stereocenters. The van der Waals surface area contributed by atoms with E-state index < -0.39 is 27.6 Å². The molecule has 4 nitrogen and oxygen atoms in total. The third kappa shape index (κ3) is 4.90. The number of esters is 1. The van der Waals surface area contributed by atoms with Gasteiger partial charge in [-0.2, -0.15) is 0 Å². The Kier molecular flexibility index (Phi) is 7.63. The van der Waals surface area contributed by atoms with E-state index in [2.05, 4.69) is 11.3 Å². The van der Waals surface area contributed by atoms with Crippen LogP contribution in [0.3, 0.4) is 0 Å². The minimum atomic E-state index is -1.52. The molecule has 0 saturated heterocycles. The monoisotopic (exact) mass is 391 g/mol. The van der Waals surface area contributed by atoms with Crippen molar-refractivity contribution in [2.75, 3.05) is 6.61 Å². The zero-order chi connectivity index (χ0) is 18.5. The summed E-state index contributed by atoms with van der Waals surface area (Å²) in [5, 5.41) is 0.670. The third-order valence-electron chi connectivity index (χ3n) is 3.31. The van der Waals surface area contributed by atoms with E-state index in [1.54, 1.807) is 31.2 Å². The highest BCUT2D eigenvalue weighted by atomic mass is 35.5. The van der Waals surface area contributed by atoms with E-state index >= 15 is 0 Å². The number of benzene rings is 1. The highest BCUT2D eigenvalue weighted by Crippen LogP contribution is 2.34. The number of rotatable bonds is 7. The Hall–Kier alpha value is -0.720. The Morgan fingerprint density at radius 1 is 1.38 bits per heavy atom. The minimum absolute atomic E-state index is 0.186. The van der Waals surface area contributed by atoms with Gasteiger partial charge in [-0.1, -0.05) is 35.3 Å². The number of carbonyl (C=O) groups excluding carboxylic acids is 1. The molecule has 0 aliphatic rings. The molecule has 0 aromatic heterocycles. The summed E-state index contributed by atoms with van der Waals surface area (Å²) in [6.07, 6.45) is 1.76. The first-order valence-corrected chi connectivity index (χ1v) is 9.42. The van der Waals surface area contributed by atoms with Crippen LogP contribution < -0.4 is 4.72 Å². The van der Waals surface area contributed by atoms with Crippen molar-refractivity contribution in [1.29, 1.82) is 0 Å². The topological polar surface area (TPSA) is 61.4 Å². The number of carbonyl (C=O) groups is 1. The van der Waals surface area contributed by atoms with Gasteiger partial charge in [0.05, 0.1) is 16.7 Å². The predicted molar refractivity (Wildman–Crippen MR) is 101 cm³/mol. The van der Waals surface area contributed by atoms with Gasteiger partial charge in [0, 0.05) is 17.8 Å². The molecular weight excluding hydrogens is 369 g/mol. The lowest BCUT2D eigenvalue weighted by Gasteiger charge is -2.35. The van der Waals surface area contributed by atoms with E-state index in [-0.39, 0.29) is 13.0 Å². The molecule has 0 radical (unpaired) electrons. The third-order valence-corrected chi connectivity index (χ3v) is 5.70. The Bertz CT molecular complexity index is 604. The summed E-state index contributed by atoms with van der Waals surface area (Å²) in [7, 11) is 0. The second kappa shape index (κ2) is 8.59. The van der Waals surface area contributed by atoms with E-state index in [1.165, 1.54) is 0 Å². The Morgan fingerprint density at radius 2 is 2.00 bits per heavy atom. The summed E-state index contributed by atoms with van der Waals surface area (Å²) < 4.78 is 20.3. The van der Waals surface area contributed by atoms with Crippen LogP contribution in [-0.4, -0.2) is 21.9 Å². The quantitative estimate of drug-likeness (QED) is 0.425. The van der Waals surface area contributed by atoms with Crippen molar-refractivity contribution < 1.29 is 14.1 Å². The van der Waals surface area contributed by atoms with Crippen LogP contribution in [0.25, 0.3) is 0 Å². The Morgan fingerprint density at radius 3 is 2.46 bits per heavy atom. The lowest BCUT2D eigenvalue weighted by Crippen LogP contribution is -2.56. The second-order valence-electron chi connectivity index (χ2n) is 6.23. The first-order valence-electron chi connectivity index (χ1n) is 7.51. The number of ether oxygens (including phenoxy) is 1. The van der Waals surface area contributed by atoms with E-state index in [1.807, 2.05) is 20.8 Å². The van der Waals surface area contributed by atoms with Crippen LogP contribution >= 0.6 is 23.2 Å². The van der Waals surface area contributed by atoms with Crippen molar-refractivity contribution in [3.8, 4) is 0 Å². The number of hydrogen-bond donors (Lipinski definition) is 1. The largest absolute Gasteiger partial charge is 0.598 e. The molecule has 134 valence electrons. The Balaban J connectivity index is 3.48. The molecule has 0 amide bonds. The first kappa shape index (κ1) is 21.3. The van der Waals surface area contributed by atoms with Gasteiger partial charge in [0.1, 0.15) is 4.75 Å². The fourth-order valence-electron chi connectivity index (χ4n) is 2.01. The summed E-state index contributed by atoms with van der Waals surface area (Å²) in [5.74, 6) is -0.541. The normalized spacial score (nSPS) is 15.5. The van der Waals surface area contributed by atoms with Crippen LogP contribution in [0, 0.1) is 0 Å². The fourth-order valence-corrected chi connectivity index (χ4v) is 3.21. The van der Waals surface area contributed by atoms with Gasteiger partial charge < -0.3 is 9.29 Å². The van der Waals surface area contributed by atoms with Gasteiger partial charge in [0.25, 0.3) is 0 Å². The molecule has 2 atom stereocenters. The molecule has 0 heterocycles. The summed E-state index contributed by atoms with van der Waals surface area (Å²) >= 11 is 10.6. The maximum absolute atomic E-state index is 12.8. The predicted octanol–water partition coefficient (Wildman–Crippen LogP) is 4.38. The van der Waals surface area contributed by atoms with Gasteiger partial charge in [-0.25, -0.2) is 4.79 Å². The van der Waals surface area contributed by atoms with Crippen molar-refractivity contribution in [1.82, 2.24) is 4.72 Å². The standard InChI is InChI=1S/C17H23Cl2NO3S/c1-6-10-17(15(21)23-7-2,20-24(22)16(3,4)5)12-8-9-13(18)14(19)11-12/h6,8-9,11,20H,1,7,10H2,2-5H3/t17-,24?/m0/s1. The highest BCUT2D eigenvalue weighted by Gasteiger charge is 2.47. The molecule has 1 aromatic rings. The van der Waals surface area contributed by atoms with Crippen LogP contribution in [0.1, 0.15) is 39.7 Å². The van der Waals surface area contributed by atoms with Crippen LogP contribution in [0.4, 0.5) is 0 Å². The molecule has 24 heavy (non-hydrogen) atoms. The molecule has 1 aromatic carbocycles. The van der Waals surface area contributed by atoms with Crippen LogP contribution in [0.5, 0.6) is 0 Å². The van der Waals surface area contributed by atoms with Crippen LogP contribution in [-0.2, 0) is 26.4 Å². The average molecular weight is 392 g/mol. The van der Waals surface area contributed by atoms with E-state index in [0.29, 0.717) is 15.6 Å². The van der Waals surface area contributed by atoms with Crippen LogP contribution in [0.2, 0.25) is 10.0 Å². The zero-order valence-corrected chi connectivity index (χ0v) is 16.6. The molecule has 7 heteroatoms. The summed E-state index contributed by atoms with van der Waals surface area (Å²) in [5.41, 5.74) is -0.836. The smallest absolute Gasteiger partial charge is 0.335 e. The minimum Gasteiger partial charge on any atom is -0.598 e. The van der Waals surface area contributed by atoms with E-state index in [9.17, 15) is 9.35 Å². The summed E-state index contributed by atoms with van der Waals surface area (Å²) in [6.45, 7) is 11.1. The zero-order valence-electron chi connectivity index (χ0n) is 14.3. The van der Waals surface area contributed by atoms with Gasteiger partial charge in [0.15, 0.2) is 5.54 Å². The molecule has 0 aliphatic heterocycles. The van der Waals surface area contributed by atoms with Crippen molar-refractivity contribution in [3.63, 3.8) is 0 Å². The van der Waals surface area contributed by atoms with Crippen LogP contribution in [0.15, 0.2) is 30.9 Å². The molecule has 1 N–H and O–H groups in total. The maximum atomic E-state index is 12.8. The molecule has 0 bridgehead atoms. The molecular formula is C17H23Cl2NO3S. The number of nitrogens with one attached hydrogen (secondary N) is 1. The molecule has 0 saturated carbocycles. The van der Waals surface area contributed by atoms with Gasteiger partial charge >= 0.3 is 5.97 Å². The fraction of sp³-hybridized carbons (Fsp3) is 0.471. The van der Waals surface area contributed by atoms with E-state index in [4.69, 9.17) is 27.9 Å². The van der Waals surface area contributed by atoms with Gasteiger partial charge in [-0.05, 0) is 45.4 Å². The van der Waals surface area contributed by atoms with Crippen molar-refractivity contribution >= 4 is 40.5 Å². The molecule has 0 fully saturated rings. The summed E-state index contributed by atoms with van der Waals surface area (Å²) in [6, 6.07) is 4.84. The number of halogens is 2. The van der Waals surface area contributed by atoms with E-state index in [0.717, 1.165) is 0 Å². The molecule has 1 rings (SSSR count). The molecule has 0 aliphatic carbocycles. The van der Waals surface area contributed by atoms with Gasteiger partial charge in [-0.15, -0.1) is 11.3 Å². The maximum Gasteiger partial charge on any atom is 0.335 e. The van der Waals surface area contributed by atoms with Crippen molar-refractivity contribution in [2.45, 2.75) is 44.4 Å².